The van der Waals surface area contributed by atoms with Crippen molar-refractivity contribution in [1.29, 1.82) is 0 Å². The number of methoxy groups -OCH3 is 1. The van der Waals surface area contributed by atoms with Gasteiger partial charge in [0.2, 0.25) is 0 Å². The van der Waals surface area contributed by atoms with Crippen LogP contribution in [0.1, 0.15) is 12.5 Å². The number of allylic oxidation sites excluding steroid dienone is 1. The molecule has 1 rings (SSSR count). The molecule has 1 aromatic carbocycles. The zero-order valence-electron chi connectivity index (χ0n) is 8.79. The lowest BCUT2D eigenvalue weighted by Gasteiger charge is -2.06. The van der Waals surface area contributed by atoms with Crippen molar-refractivity contribution in [2.75, 3.05) is 13.7 Å². The average molecular weight is 191 g/mol. The molecule has 0 heterocycles. The Bertz CT molecular complexity index is 318. The van der Waals surface area contributed by atoms with Crippen molar-refractivity contribution >= 4 is 0 Å². The van der Waals surface area contributed by atoms with Gasteiger partial charge < -0.3 is 10.5 Å². The minimum atomic E-state index is 0.619. The first-order chi connectivity index (χ1) is 6.80. The molecule has 76 valence electrons. The molecule has 0 fully saturated rings. The van der Waals surface area contributed by atoms with Gasteiger partial charge in [0, 0.05) is 6.54 Å². The van der Waals surface area contributed by atoms with Gasteiger partial charge in [-0.1, -0.05) is 23.8 Å². The van der Waals surface area contributed by atoms with E-state index in [4.69, 9.17) is 10.5 Å². The van der Waals surface area contributed by atoms with Gasteiger partial charge in [0.1, 0.15) is 5.75 Å². The standard InChI is InChI=1S/C12H17NO/c1-3-10(9-13)7-11-5-4-6-12(8-11)14-2/h3-6,8H,7,9,13H2,1-2H3/b10-3-. The second-order valence-electron chi connectivity index (χ2n) is 3.18. The summed E-state index contributed by atoms with van der Waals surface area (Å²) in [5, 5.41) is 0. The van der Waals surface area contributed by atoms with Crippen molar-refractivity contribution in [2.24, 2.45) is 5.73 Å². The van der Waals surface area contributed by atoms with Crippen LogP contribution in [0, 0.1) is 0 Å². The molecule has 14 heavy (non-hydrogen) atoms. The van der Waals surface area contributed by atoms with Crippen molar-refractivity contribution in [3.05, 3.63) is 41.5 Å². The molecule has 0 aromatic heterocycles. The van der Waals surface area contributed by atoms with E-state index >= 15 is 0 Å². The largest absolute Gasteiger partial charge is 0.497 e. The van der Waals surface area contributed by atoms with Gasteiger partial charge in [-0.3, -0.25) is 0 Å². The van der Waals surface area contributed by atoms with Crippen LogP contribution in [0.4, 0.5) is 0 Å². The van der Waals surface area contributed by atoms with Gasteiger partial charge in [0.05, 0.1) is 7.11 Å². The highest BCUT2D eigenvalue weighted by molar-refractivity contribution is 5.31. The normalized spacial score (nSPS) is 11.5. The fourth-order valence-electron chi connectivity index (χ4n) is 1.34. The van der Waals surface area contributed by atoms with Crippen molar-refractivity contribution in [3.8, 4) is 5.75 Å². The Morgan fingerprint density at radius 2 is 2.29 bits per heavy atom. The highest BCUT2D eigenvalue weighted by atomic mass is 16.5. The van der Waals surface area contributed by atoms with E-state index in [0.717, 1.165) is 12.2 Å². The molecule has 0 unspecified atom stereocenters. The van der Waals surface area contributed by atoms with Crippen LogP contribution in [0.5, 0.6) is 5.75 Å². The molecule has 0 saturated carbocycles. The molecule has 2 N–H and O–H groups in total. The Morgan fingerprint density at radius 3 is 2.86 bits per heavy atom. The minimum Gasteiger partial charge on any atom is -0.497 e. The Labute approximate surface area is 85.4 Å². The maximum absolute atomic E-state index is 5.60. The molecule has 0 amide bonds. The Hall–Kier alpha value is -1.28. The topological polar surface area (TPSA) is 35.2 Å². The molecule has 0 atom stereocenters. The third-order valence-corrected chi connectivity index (χ3v) is 2.24. The first-order valence-electron chi connectivity index (χ1n) is 4.77. The second kappa shape index (κ2) is 5.45. The molecular weight excluding hydrogens is 174 g/mol. The van der Waals surface area contributed by atoms with Gasteiger partial charge in [-0.2, -0.15) is 0 Å². The Morgan fingerprint density at radius 1 is 1.50 bits per heavy atom. The number of ether oxygens (including phenoxy) is 1. The summed E-state index contributed by atoms with van der Waals surface area (Å²) in [7, 11) is 1.68. The van der Waals surface area contributed by atoms with Crippen LogP contribution in [-0.4, -0.2) is 13.7 Å². The Balaban J connectivity index is 2.76. The lowest BCUT2D eigenvalue weighted by Crippen LogP contribution is -2.05. The third-order valence-electron chi connectivity index (χ3n) is 2.24. The molecular formula is C12H17NO. The van der Waals surface area contributed by atoms with E-state index in [1.807, 2.05) is 25.1 Å². The fourth-order valence-corrected chi connectivity index (χ4v) is 1.34. The van der Waals surface area contributed by atoms with Crippen LogP contribution >= 0.6 is 0 Å². The lowest BCUT2D eigenvalue weighted by molar-refractivity contribution is 0.414. The van der Waals surface area contributed by atoms with Gasteiger partial charge in [-0.05, 0) is 31.0 Å². The predicted molar refractivity (Wildman–Crippen MR) is 59.5 cm³/mol. The van der Waals surface area contributed by atoms with Crippen LogP contribution in [0.15, 0.2) is 35.9 Å². The van der Waals surface area contributed by atoms with Gasteiger partial charge in [0.15, 0.2) is 0 Å². The van der Waals surface area contributed by atoms with Crippen LogP contribution in [-0.2, 0) is 6.42 Å². The minimum absolute atomic E-state index is 0.619. The van der Waals surface area contributed by atoms with E-state index in [1.54, 1.807) is 7.11 Å². The maximum atomic E-state index is 5.60. The smallest absolute Gasteiger partial charge is 0.119 e. The summed E-state index contributed by atoms with van der Waals surface area (Å²) in [6.07, 6.45) is 2.98. The van der Waals surface area contributed by atoms with Gasteiger partial charge in [-0.15, -0.1) is 0 Å². The molecule has 2 nitrogen and oxygen atoms in total. The highest BCUT2D eigenvalue weighted by Crippen LogP contribution is 2.15. The second-order valence-corrected chi connectivity index (χ2v) is 3.18. The van der Waals surface area contributed by atoms with Gasteiger partial charge in [-0.25, -0.2) is 0 Å². The molecule has 0 aliphatic heterocycles. The summed E-state index contributed by atoms with van der Waals surface area (Å²) < 4.78 is 5.15. The quantitative estimate of drug-likeness (QED) is 0.740. The van der Waals surface area contributed by atoms with Gasteiger partial charge in [0.25, 0.3) is 0 Å². The van der Waals surface area contributed by atoms with Crippen molar-refractivity contribution in [1.82, 2.24) is 0 Å². The number of hydrogen-bond acceptors (Lipinski definition) is 2. The van der Waals surface area contributed by atoms with Crippen LogP contribution < -0.4 is 10.5 Å². The molecule has 1 aromatic rings. The predicted octanol–water partition coefficient (Wildman–Crippen LogP) is 2.14. The molecule has 0 bridgehead atoms. The van der Waals surface area contributed by atoms with Crippen LogP contribution in [0.2, 0.25) is 0 Å². The van der Waals surface area contributed by atoms with Crippen molar-refractivity contribution < 1.29 is 4.74 Å². The van der Waals surface area contributed by atoms with Crippen molar-refractivity contribution in [3.63, 3.8) is 0 Å². The molecule has 2 heteroatoms. The van der Waals surface area contributed by atoms with E-state index < -0.39 is 0 Å². The third kappa shape index (κ3) is 2.89. The van der Waals surface area contributed by atoms with Crippen LogP contribution in [0.25, 0.3) is 0 Å². The first kappa shape index (κ1) is 10.8. The average Bonchev–Trinajstić information content (AvgIpc) is 2.26. The Kier molecular flexibility index (Phi) is 4.20. The summed E-state index contributed by atoms with van der Waals surface area (Å²) in [5.41, 5.74) is 8.09. The number of nitrogens with two attached hydrogens (primary N) is 1. The SMILES string of the molecule is C/C=C(\CN)Cc1cccc(OC)c1. The first-order valence-corrected chi connectivity index (χ1v) is 4.77. The summed E-state index contributed by atoms with van der Waals surface area (Å²) in [5.74, 6) is 0.898. The van der Waals surface area contributed by atoms with E-state index in [0.29, 0.717) is 6.54 Å². The zero-order chi connectivity index (χ0) is 10.4. The summed E-state index contributed by atoms with van der Waals surface area (Å²) >= 11 is 0. The summed E-state index contributed by atoms with van der Waals surface area (Å²) in [6, 6.07) is 8.07. The molecule has 0 spiro atoms. The van der Waals surface area contributed by atoms with E-state index in [9.17, 15) is 0 Å². The van der Waals surface area contributed by atoms with Gasteiger partial charge >= 0.3 is 0 Å². The molecule has 0 radical (unpaired) electrons. The summed E-state index contributed by atoms with van der Waals surface area (Å²) in [4.78, 5) is 0. The summed E-state index contributed by atoms with van der Waals surface area (Å²) in [6.45, 7) is 2.63. The monoisotopic (exact) mass is 191 g/mol. The fraction of sp³-hybridized carbons (Fsp3) is 0.333. The molecule has 0 aliphatic rings. The number of rotatable bonds is 4. The lowest BCUT2D eigenvalue weighted by atomic mass is 10.1. The van der Waals surface area contributed by atoms with Crippen molar-refractivity contribution in [2.45, 2.75) is 13.3 Å². The van der Waals surface area contributed by atoms with E-state index in [1.165, 1.54) is 11.1 Å². The van der Waals surface area contributed by atoms with E-state index in [2.05, 4.69) is 12.1 Å². The number of hydrogen-bond donors (Lipinski definition) is 1. The van der Waals surface area contributed by atoms with E-state index in [-0.39, 0.29) is 0 Å². The maximum Gasteiger partial charge on any atom is 0.119 e. The highest BCUT2D eigenvalue weighted by Gasteiger charge is 1.98. The zero-order valence-corrected chi connectivity index (χ0v) is 8.79. The molecule has 0 aliphatic carbocycles. The number of benzene rings is 1. The van der Waals surface area contributed by atoms with Crippen LogP contribution in [0.3, 0.4) is 0 Å². The molecule has 0 saturated heterocycles.